The lowest BCUT2D eigenvalue weighted by atomic mass is 9.84. The number of amides is 1. The normalized spacial score (nSPS) is 21.6. The van der Waals surface area contributed by atoms with Gasteiger partial charge in [-0.15, -0.1) is 0 Å². The molecule has 1 saturated heterocycles. The summed E-state index contributed by atoms with van der Waals surface area (Å²) in [5.74, 6) is 1.72. The van der Waals surface area contributed by atoms with Gasteiger partial charge in [-0.25, -0.2) is 0 Å². The Kier molecular flexibility index (Phi) is 5.03. The molecule has 28 heavy (non-hydrogen) atoms. The van der Waals surface area contributed by atoms with Crippen LogP contribution in [0.5, 0.6) is 5.75 Å². The van der Waals surface area contributed by atoms with E-state index < -0.39 is 0 Å². The highest BCUT2D eigenvalue weighted by Gasteiger charge is 2.33. The van der Waals surface area contributed by atoms with Gasteiger partial charge in [0.1, 0.15) is 11.5 Å². The van der Waals surface area contributed by atoms with Gasteiger partial charge in [0, 0.05) is 43.2 Å². The molecule has 2 N–H and O–H groups in total. The van der Waals surface area contributed by atoms with Crippen LogP contribution >= 0.6 is 0 Å². The van der Waals surface area contributed by atoms with Gasteiger partial charge in [-0.05, 0) is 54.3 Å². The average molecular weight is 382 g/mol. The molecule has 6 nitrogen and oxygen atoms in total. The quantitative estimate of drug-likeness (QED) is 0.837. The Labute approximate surface area is 165 Å². The second kappa shape index (κ2) is 7.62. The summed E-state index contributed by atoms with van der Waals surface area (Å²) in [4.78, 5) is 15.0. The maximum Gasteiger partial charge on any atom is 0.251 e. The van der Waals surface area contributed by atoms with E-state index in [2.05, 4.69) is 16.3 Å². The maximum absolute atomic E-state index is 12.6. The maximum atomic E-state index is 12.6. The first-order valence-corrected chi connectivity index (χ1v) is 9.68. The number of benzene rings is 1. The number of carbonyl (C=O) groups is 1. The Hall–Kier alpha value is -2.89. The molecule has 1 atom stereocenters. The van der Waals surface area contributed by atoms with Crippen molar-refractivity contribution >= 4 is 5.91 Å². The number of hydrogen-bond donors (Lipinski definition) is 2. The summed E-state index contributed by atoms with van der Waals surface area (Å²) >= 11 is 0. The number of phenolic OH excluding ortho intramolecular Hbond substituents is 1. The van der Waals surface area contributed by atoms with E-state index in [9.17, 15) is 9.90 Å². The van der Waals surface area contributed by atoms with Gasteiger partial charge in [0.25, 0.3) is 5.91 Å². The van der Waals surface area contributed by atoms with Crippen molar-refractivity contribution < 1.29 is 19.4 Å². The molecule has 148 valence electrons. The first kappa shape index (κ1) is 18.5. The van der Waals surface area contributed by atoms with Crippen molar-refractivity contribution in [2.45, 2.75) is 31.7 Å². The number of methoxy groups -OCH3 is 2. The van der Waals surface area contributed by atoms with Crippen molar-refractivity contribution in [2.75, 3.05) is 27.3 Å². The molecule has 1 amide bonds. The molecule has 0 spiro atoms. The van der Waals surface area contributed by atoms with E-state index in [1.807, 2.05) is 0 Å². The first-order chi connectivity index (χ1) is 13.6. The molecule has 0 bridgehead atoms. The molecule has 0 radical (unpaired) electrons. The smallest absolute Gasteiger partial charge is 0.251 e. The molecule has 6 heteroatoms. The summed E-state index contributed by atoms with van der Waals surface area (Å²) < 4.78 is 11.0. The average Bonchev–Trinajstić information content (AvgIpc) is 2.73. The van der Waals surface area contributed by atoms with E-state index >= 15 is 0 Å². The molecular weight excluding hydrogens is 356 g/mol. The third kappa shape index (κ3) is 3.46. The Morgan fingerprint density at radius 1 is 1.18 bits per heavy atom. The van der Waals surface area contributed by atoms with E-state index in [1.54, 1.807) is 26.4 Å². The van der Waals surface area contributed by atoms with Crippen LogP contribution in [-0.4, -0.2) is 49.3 Å². The highest BCUT2D eigenvalue weighted by atomic mass is 16.5. The zero-order valence-electron chi connectivity index (χ0n) is 16.3. The SMILES string of the molecule is COC1=C(OC)CC2=C3CC(NC(=O)c4ccc(O)cc4)CCN3CCC2=C1. The second-order valence-electron chi connectivity index (χ2n) is 7.41. The molecule has 2 aliphatic heterocycles. The van der Waals surface area contributed by atoms with Gasteiger partial charge in [0.2, 0.25) is 0 Å². The third-order valence-electron chi connectivity index (χ3n) is 5.80. The molecule has 1 aromatic rings. The summed E-state index contributed by atoms with van der Waals surface area (Å²) in [6.45, 7) is 1.94. The number of carbonyl (C=O) groups excluding carboxylic acids is 1. The Bertz CT molecular complexity index is 867. The summed E-state index contributed by atoms with van der Waals surface area (Å²) in [5.41, 5.74) is 4.50. The van der Waals surface area contributed by atoms with Crippen LogP contribution in [-0.2, 0) is 9.47 Å². The van der Waals surface area contributed by atoms with Crippen molar-refractivity contribution in [1.29, 1.82) is 0 Å². The lowest BCUT2D eigenvalue weighted by molar-refractivity contribution is 0.0922. The first-order valence-electron chi connectivity index (χ1n) is 9.68. The lowest BCUT2D eigenvalue weighted by Crippen LogP contribution is -2.45. The third-order valence-corrected chi connectivity index (χ3v) is 5.80. The topological polar surface area (TPSA) is 71.0 Å². The van der Waals surface area contributed by atoms with Crippen LogP contribution in [0.2, 0.25) is 0 Å². The van der Waals surface area contributed by atoms with Crippen molar-refractivity contribution in [3.05, 3.63) is 64.3 Å². The molecule has 1 aromatic carbocycles. The Balaban J connectivity index is 1.53. The Morgan fingerprint density at radius 3 is 2.68 bits per heavy atom. The number of hydrogen-bond acceptors (Lipinski definition) is 5. The fraction of sp³-hybridized carbons (Fsp3) is 0.409. The molecule has 3 aliphatic rings. The number of aromatic hydroxyl groups is 1. The fourth-order valence-electron chi connectivity index (χ4n) is 4.28. The number of piperidine rings is 1. The molecule has 0 aromatic heterocycles. The minimum Gasteiger partial charge on any atom is -0.508 e. The minimum atomic E-state index is -0.0987. The van der Waals surface area contributed by atoms with Gasteiger partial charge in [-0.2, -0.15) is 0 Å². The molecule has 4 rings (SSSR count). The van der Waals surface area contributed by atoms with Crippen molar-refractivity contribution in [1.82, 2.24) is 10.2 Å². The van der Waals surface area contributed by atoms with E-state index in [4.69, 9.17) is 9.47 Å². The van der Waals surface area contributed by atoms with Crippen LogP contribution in [0.3, 0.4) is 0 Å². The van der Waals surface area contributed by atoms with E-state index in [0.29, 0.717) is 5.56 Å². The van der Waals surface area contributed by atoms with Crippen molar-refractivity contribution in [3.63, 3.8) is 0 Å². The summed E-state index contributed by atoms with van der Waals surface area (Å²) in [6.07, 6.45) is 5.58. The van der Waals surface area contributed by atoms with Crippen LogP contribution in [0, 0.1) is 0 Å². The summed E-state index contributed by atoms with van der Waals surface area (Å²) in [7, 11) is 3.36. The predicted octanol–water partition coefficient (Wildman–Crippen LogP) is 3.08. The van der Waals surface area contributed by atoms with Crippen LogP contribution in [0.1, 0.15) is 36.0 Å². The molecule has 1 fully saturated rings. The largest absolute Gasteiger partial charge is 0.508 e. The Morgan fingerprint density at radius 2 is 1.96 bits per heavy atom. The fourth-order valence-corrected chi connectivity index (χ4v) is 4.28. The summed E-state index contributed by atoms with van der Waals surface area (Å²) in [5, 5.41) is 12.6. The van der Waals surface area contributed by atoms with Gasteiger partial charge in [-0.1, -0.05) is 0 Å². The van der Waals surface area contributed by atoms with Gasteiger partial charge in [0.05, 0.1) is 14.2 Å². The highest BCUT2D eigenvalue weighted by Crippen LogP contribution is 2.40. The van der Waals surface area contributed by atoms with Crippen molar-refractivity contribution in [2.24, 2.45) is 0 Å². The van der Waals surface area contributed by atoms with Gasteiger partial charge >= 0.3 is 0 Å². The highest BCUT2D eigenvalue weighted by molar-refractivity contribution is 5.94. The number of rotatable bonds is 4. The van der Waals surface area contributed by atoms with Crippen LogP contribution in [0.15, 0.2) is 58.7 Å². The number of nitrogens with zero attached hydrogens (tertiary/aromatic N) is 1. The van der Waals surface area contributed by atoms with Crippen LogP contribution < -0.4 is 5.32 Å². The number of fused-ring (bicyclic) bond motifs is 2. The summed E-state index contributed by atoms with van der Waals surface area (Å²) in [6, 6.07) is 6.46. The van der Waals surface area contributed by atoms with Gasteiger partial charge < -0.3 is 24.8 Å². The monoisotopic (exact) mass is 382 g/mol. The van der Waals surface area contributed by atoms with E-state index in [1.165, 1.54) is 29.0 Å². The second-order valence-corrected chi connectivity index (χ2v) is 7.41. The predicted molar refractivity (Wildman–Crippen MR) is 106 cm³/mol. The van der Waals surface area contributed by atoms with Crippen LogP contribution in [0.25, 0.3) is 0 Å². The van der Waals surface area contributed by atoms with Crippen LogP contribution in [0.4, 0.5) is 0 Å². The molecule has 1 unspecified atom stereocenters. The minimum absolute atomic E-state index is 0.0956. The lowest BCUT2D eigenvalue weighted by Gasteiger charge is -2.42. The number of nitrogens with one attached hydrogen (secondary N) is 1. The van der Waals surface area contributed by atoms with E-state index in [0.717, 1.165) is 50.3 Å². The van der Waals surface area contributed by atoms with Gasteiger partial charge in [-0.3, -0.25) is 4.79 Å². The molecule has 1 aliphatic carbocycles. The standard InChI is InChI=1S/C22H26N2O4/c1-27-20-11-15-7-9-24-10-8-16(12-19(24)18(15)13-21(20)28-2)23-22(26)14-3-5-17(25)6-4-14/h3-6,11,16,25H,7-10,12-13H2,1-2H3,(H,23,26). The molecule has 0 saturated carbocycles. The molecular formula is C22H26N2O4. The van der Waals surface area contributed by atoms with Gasteiger partial charge in [0.15, 0.2) is 5.76 Å². The number of ether oxygens (including phenoxy) is 2. The molecule has 2 heterocycles. The zero-order chi connectivity index (χ0) is 19.7. The number of phenols is 1. The van der Waals surface area contributed by atoms with Crippen molar-refractivity contribution in [3.8, 4) is 5.75 Å². The zero-order valence-corrected chi connectivity index (χ0v) is 16.3. The number of allylic oxidation sites excluding steroid dienone is 2. The van der Waals surface area contributed by atoms with E-state index in [-0.39, 0.29) is 17.7 Å².